The highest BCUT2D eigenvalue weighted by Gasteiger charge is 2.08. The molecule has 16 heavy (non-hydrogen) atoms. The van der Waals surface area contributed by atoms with Crippen molar-refractivity contribution < 1.29 is 13.9 Å². The van der Waals surface area contributed by atoms with Crippen LogP contribution in [0.1, 0.15) is 24.2 Å². The molecule has 0 aromatic carbocycles. The van der Waals surface area contributed by atoms with Gasteiger partial charge in [-0.25, -0.2) is 4.98 Å². The van der Waals surface area contributed by atoms with Gasteiger partial charge in [-0.2, -0.15) is 4.39 Å². The molecule has 0 aliphatic rings. The Morgan fingerprint density at radius 1 is 1.69 bits per heavy atom. The van der Waals surface area contributed by atoms with E-state index >= 15 is 0 Å². The van der Waals surface area contributed by atoms with Crippen LogP contribution in [0, 0.1) is 5.95 Å². The van der Waals surface area contributed by atoms with E-state index in [0.29, 0.717) is 13.2 Å². The van der Waals surface area contributed by atoms with Crippen molar-refractivity contribution in [3.63, 3.8) is 0 Å². The Morgan fingerprint density at radius 3 is 3.06 bits per heavy atom. The zero-order valence-corrected chi connectivity index (χ0v) is 9.37. The Labute approximate surface area is 93.8 Å². The number of hydrogen-bond acceptors (Lipinski definition) is 3. The van der Waals surface area contributed by atoms with Crippen LogP contribution in [-0.2, 0) is 4.74 Å². The molecular weight excluding hydrogens is 211 g/mol. The molecule has 1 amide bonds. The highest BCUT2D eigenvalue weighted by Crippen LogP contribution is 2.00. The zero-order chi connectivity index (χ0) is 12.0. The monoisotopic (exact) mass is 226 g/mol. The molecule has 1 N–H and O–H groups in total. The normalized spacial score (nSPS) is 12.2. The van der Waals surface area contributed by atoms with Crippen LogP contribution in [0.4, 0.5) is 4.39 Å². The molecule has 1 aromatic rings. The van der Waals surface area contributed by atoms with Gasteiger partial charge in [0.15, 0.2) is 0 Å². The number of pyridine rings is 1. The maximum absolute atomic E-state index is 12.7. The summed E-state index contributed by atoms with van der Waals surface area (Å²) in [4.78, 5) is 14.9. The Kier molecular flexibility index (Phi) is 4.85. The lowest BCUT2D eigenvalue weighted by Crippen LogP contribution is -2.32. The predicted molar refractivity (Wildman–Crippen MR) is 57.6 cm³/mol. The number of ether oxygens (including phenoxy) is 1. The number of halogens is 1. The highest BCUT2D eigenvalue weighted by molar-refractivity contribution is 5.93. The van der Waals surface area contributed by atoms with Gasteiger partial charge < -0.3 is 10.1 Å². The third kappa shape index (κ3) is 3.94. The van der Waals surface area contributed by atoms with Crippen LogP contribution < -0.4 is 5.32 Å². The van der Waals surface area contributed by atoms with Crippen LogP contribution in [0.5, 0.6) is 0 Å². The summed E-state index contributed by atoms with van der Waals surface area (Å²) in [5.41, 5.74) is 0.260. The molecule has 0 bridgehead atoms. The van der Waals surface area contributed by atoms with Crippen molar-refractivity contribution in [1.82, 2.24) is 10.3 Å². The lowest BCUT2D eigenvalue weighted by molar-refractivity contribution is 0.0695. The van der Waals surface area contributed by atoms with Crippen LogP contribution in [0.3, 0.4) is 0 Å². The lowest BCUT2D eigenvalue weighted by atomic mass is 10.2. The molecule has 0 aliphatic carbocycles. The van der Waals surface area contributed by atoms with Crippen LogP contribution in [0.25, 0.3) is 0 Å². The molecule has 4 nitrogen and oxygen atoms in total. The van der Waals surface area contributed by atoms with Crippen LogP contribution in [0.15, 0.2) is 18.3 Å². The van der Waals surface area contributed by atoms with Crippen molar-refractivity contribution in [2.24, 2.45) is 0 Å². The number of aromatic nitrogens is 1. The summed E-state index contributed by atoms with van der Waals surface area (Å²) >= 11 is 0. The van der Waals surface area contributed by atoms with Gasteiger partial charge in [0, 0.05) is 31.0 Å². The number of rotatable bonds is 5. The smallest absolute Gasteiger partial charge is 0.251 e. The van der Waals surface area contributed by atoms with Gasteiger partial charge >= 0.3 is 0 Å². The summed E-state index contributed by atoms with van der Waals surface area (Å²) in [5, 5.41) is 2.65. The van der Waals surface area contributed by atoms with Crippen LogP contribution in [-0.4, -0.2) is 30.1 Å². The topological polar surface area (TPSA) is 51.2 Å². The molecule has 0 fully saturated rings. The molecule has 0 saturated carbocycles. The quantitative estimate of drug-likeness (QED) is 0.771. The first kappa shape index (κ1) is 12.6. The van der Waals surface area contributed by atoms with Gasteiger partial charge in [0.25, 0.3) is 5.91 Å². The number of amides is 1. The largest absolute Gasteiger partial charge is 0.377 e. The summed E-state index contributed by atoms with van der Waals surface area (Å²) in [6, 6.07) is 2.56. The number of carbonyl (C=O) groups excluding carboxylic acids is 1. The van der Waals surface area contributed by atoms with Crippen LogP contribution in [0.2, 0.25) is 0 Å². The van der Waals surface area contributed by atoms with E-state index in [9.17, 15) is 9.18 Å². The molecule has 0 radical (unpaired) electrons. The Morgan fingerprint density at radius 2 is 2.44 bits per heavy atom. The minimum Gasteiger partial charge on any atom is -0.377 e. The Balaban J connectivity index is 2.47. The van der Waals surface area contributed by atoms with Gasteiger partial charge in [-0.15, -0.1) is 0 Å². The first-order chi connectivity index (χ1) is 7.63. The van der Waals surface area contributed by atoms with E-state index in [-0.39, 0.29) is 17.6 Å². The molecular formula is C11H15FN2O2. The zero-order valence-electron chi connectivity index (χ0n) is 9.37. The van der Waals surface area contributed by atoms with Crippen molar-refractivity contribution in [2.45, 2.75) is 20.0 Å². The average molecular weight is 226 g/mol. The molecule has 0 aliphatic heterocycles. The van der Waals surface area contributed by atoms with Crippen molar-refractivity contribution in [3.05, 3.63) is 29.8 Å². The third-order valence-electron chi connectivity index (χ3n) is 1.99. The molecule has 1 atom stereocenters. The summed E-state index contributed by atoms with van der Waals surface area (Å²) < 4.78 is 18.0. The van der Waals surface area contributed by atoms with Gasteiger partial charge in [0.2, 0.25) is 5.95 Å². The van der Waals surface area contributed by atoms with Gasteiger partial charge in [-0.1, -0.05) is 0 Å². The number of hydrogen-bond donors (Lipinski definition) is 1. The van der Waals surface area contributed by atoms with E-state index in [1.807, 2.05) is 13.8 Å². The SMILES string of the molecule is CCOC(C)CNC(=O)c1ccnc(F)c1. The molecule has 1 heterocycles. The van der Waals surface area contributed by atoms with Crippen molar-refractivity contribution >= 4 is 5.91 Å². The lowest BCUT2D eigenvalue weighted by Gasteiger charge is -2.12. The van der Waals surface area contributed by atoms with Crippen molar-refractivity contribution in [2.75, 3.05) is 13.2 Å². The van der Waals surface area contributed by atoms with Gasteiger partial charge in [-0.05, 0) is 19.9 Å². The second-order valence-electron chi connectivity index (χ2n) is 3.34. The average Bonchev–Trinajstić information content (AvgIpc) is 2.26. The summed E-state index contributed by atoms with van der Waals surface area (Å²) in [6.45, 7) is 4.74. The third-order valence-corrected chi connectivity index (χ3v) is 1.99. The van der Waals surface area contributed by atoms with Crippen molar-refractivity contribution in [1.29, 1.82) is 0 Å². The second-order valence-corrected chi connectivity index (χ2v) is 3.34. The first-order valence-corrected chi connectivity index (χ1v) is 5.14. The first-order valence-electron chi connectivity index (χ1n) is 5.14. The second kappa shape index (κ2) is 6.17. The van der Waals surface area contributed by atoms with E-state index in [0.717, 1.165) is 6.07 Å². The fraction of sp³-hybridized carbons (Fsp3) is 0.455. The molecule has 0 saturated heterocycles. The van der Waals surface area contributed by atoms with Gasteiger partial charge in [-0.3, -0.25) is 4.79 Å². The van der Waals surface area contributed by atoms with E-state index in [1.54, 1.807) is 0 Å². The van der Waals surface area contributed by atoms with Gasteiger partial charge in [0.05, 0.1) is 6.10 Å². The summed E-state index contributed by atoms with van der Waals surface area (Å²) in [7, 11) is 0. The number of carbonyl (C=O) groups is 1. The molecule has 1 unspecified atom stereocenters. The fourth-order valence-corrected chi connectivity index (χ4v) is 1.23. The van der Waals surface area contributed by atoms with E-state index < -0.39 is 5.95 Å². The minimum absolute atomic E-state index is 0.0550. The number of nitrogens with zero attached hydrogens (tertiary/aromatic N) is 1. The standard InChI is InChI=1S/C11H15FN2O2/c1-3-16-8(2)7-14-11(15)9-4-5-13-10(12)6-9/h4-6,8H,3,7H2,1-2H3,(H,14,15). The van der Waals surface area contributed by atoms with E-state index in [4.69, 9.17) is 4.74 Å². The fourth-order valence-electron chi connectivity index (χ4n) is 1.23. The van der Waals surface area contributed by atoms with Crippen molar-refractivity contribution in [3.8, 4) is 0 Å². The Bertz CT molecular complexity index is 358. The molecule has 5 heteroatoms. The molecule has 0 spiro atoms. The summed E-state index contributed by atoms with van der Waals surface area (Å²) in [6.07, 6.45) is 1.21. The van der Waals surface area contributed by atoms with Gasteiger partial charge in [0.1, 0.15) is 0 Å². The molecule has 88 valence electrons. The Hall–Kier alpha value is -1.49. The highest BCUT2D eigenvalue weighted by atomic mass is 19.1. The maximum Gasteiger partial charge on any atom is 0.251 e. The predicted octanol–water partition coefficient (Wildman–Crippen LogP) is 1.38. The van der Waals surface area contributed by atoms with E-state index in [1.165, 1.54) is 12.3 Å². The minimum atomic E-state index is -0.662. The van der Waals surface area contributed by atoms with Crippen LogP contribution >= 0.6 is 0 Å². The number of nitrogens with one attached hydrogen (secondary N) is 1. The van der Waals surface area contributed by atoms with E-state index in [2.05, 4.69) is 10.3 Å². The summed E-state index contributed by atoms with van der Waals surface area (Å²) in [5.74, 6) is -0.988. The molecule has 1 rings (SSSR count). The maximum atomic E-state index is 12.7. The molecule has 1 aromatic heterocycles.